The molecule has 0 saturated carbocycles. The molecular formula is C22H14ClF3N6OS2. The van der Waals surface area contributed by atoms with Crippen molar-refractivity contribution in [2.75, 3.05) is 11.1 Å². The second kappa shape index (κ2) is 9.44. The number of hydrogen-bond acceptors (Lipinski definition) is 7. The molecule has 0 saturated heterocycles. The lowest BCUT2D eigenvalue weighted by atomic mass is 10.1. The number of halogens is 4. The zero-order valence-corrected chi connectivity index (χ0v) is 19.9. The molecule has 3 heterocycles. The van der Waals surface area contributed by atoms with E-state index in [4.69, 9.17) is 11.6 Å². The topological polar surface area (TPSA) is 96.5 Å². The average molecular weight is 535 g/mol. The van der Waals surface area contributed by atoms with Crippen LogP contribution in [0.15, 0.2) is 53.8 Å². The highest BCUT2D eigenvalue weighted by atomic mass is 35.5. The molecule has 0 aliphatic heterocycles. The van der Waals surface area contributed by atoms with Crippen LogP contribution in [0.1, 0.15) is 16.0 Å². The predicted octanol–water partition coefficient (Wildman–Crippen LogP) is 5.96. The number of nitrogens with one attached hydrogen (secondary N) is 2. The molecule has 0 fully saturated rings. The normalized spacial score (nSPS) is 11.9. The highest BCUT2D eigenvalue weighted by Gasteiger charge is 2.31. The number of carbonyl (C=O) groups is 1. The highest BCUT2D eigenvalue weighted by Crippen LogP contribution is 2.33. The molecular weight excluding hydrogens is 521 g/mol. The minimum absolute atomic E-state index is 0.0295. The highest BCUT2D eigenvalue weighted by molar-refractivity contribution is 7.99. The third kappa shape index (κ3) is 5.24. The number of H-pyrrole nitrogens is 1. The van der Waals surface area contributed by atoms with Gasteiger partial charge in [-0.1, -0.05) is 41.6 Å². The van der Waals surface area contributed by atoms with Crippen LogP contribution in [0.2, 0.25) is 5.02 Å². The Labute approximate surface area is 209 Å². The average Bonchev–Trinajstić information content (AvgIpc) is 3.41. The first kappa shape index (κ1) is 23.5. The molecule has 5 aromatic rings. The van der Waals surface area contributed by atoms with Gasteiger partial charge in [0.25, 0.3) is 0 Å². The number of benzene rings is 2. The summed E-state index contributed by atoms with van der Waals surface area (Å²) in [5.74, 6) is -0.296. The summed E-state index contributed by atoms with van der Waals surface area (Å²) < 4.78 is 39.0. The lowest BCUT2D eigenvalue weighted by Crippen LogP contribution is -2.14. The van der Waals surface area contributed by atoms with Crippen LogP contribution in [0.3, 0.4) is 0 Å². The fraction of sp³-hybridized carbons (Fsp3) is 0.136. The lowest BCUT2D eigenvalue weighted by molar-refractivity contribution is -0.137. The maximum atomic E-state index is 13.0. The Kier molecular flexibility index (Phi) is 6.34. The van der Waals surface area contributed by atoms with Crippen molar-refractivity contribution in [2.24, 2.45) is 0 Å². The number of carbonyl (C=O) groups excluding carboxylic acids is 1. The van der Waals surface area contributed by atoms with E-state index in [0.29, 0.717) is 31.9 Å². The largest absolute Gasteiger partial charge is 0.416 e. The molecule has 0 aliphatic carbocycles. The Hall–Kier alpha value is -3.22. The molecule has 0 bridgehead atoms. The van der Waals surface area contributed by atoms with E-state index in [-0.39, 0.29) is 23.1 Å². The van der Waals surface area contributed by atoms with Crippen molar-refractivity contribution in [3.63, 3.8) is 0 Å². The van der Waals surface area contributed by atoms with E-state index >= 15 is 0 Å². The van der Waals surface area contributed by atoms with Gasteiger partial charge in [0.15, 0.2) is 10.8 Å². The SMILES string of the molecule is O=C(CSc1nnc2c(n1)[nH]c1ccccc12)Nc1ncc(Cc2cc(C(F)(F)F)ccc2Cl)s1. The summed E-state index contributed by atoms with van der Waals surface area (Å²) in [5, 5.41) is 12.8. The van der Waals surface area contributed by atoms with Crippen LogP contribution in [0.4, 0.5) is 18.3 Å². The number of hydrogen-bond donors (Lipinski definition) is 2. The molecule has 1 amide bonds. The van der Waals surface area contributed by atoms with E-state index in [2.05, 4.69) is 30.5 Å². The third-order valence-corrected chi connectivity index (χ3v) is 7.09. The maximum Gasteiger partial charge on any atom is 0.416 e. The van der Waals surface area contributed by atoms with Gasteiger partial charge in [-0.2, -0.15) is 13.2 Å². The van der Waals surface area contributed by atoms with Crippen LogP contribution in [-0.4, -0.2) is 36.8 Å². The molecule has 0 atom stereocenters. The predicted molar refractivity (Wildman–Crippen MR) is 130 cm³/mol. The van der Waals surface area contributed by atoms with Crippen molar-refractivity contribution in [3.05, 3.63) is 69.7 Å². The second-order valence-corrected chi connectivity index (χ2v) is 9.88. The number of alkyl halides is 3. The first-order chi connectivity index (χ1) is 16.8. The standard InChI is InChI=1S/C22H14ClF3N6OS2/c23-15-6-5-12(22(24,25)26)7-11(15)8-13-9-27-20(35-13)29-17(33)10-34-21-30-19-18(31-32-21)14-3-1-2-4-16(14)28-19/h1-7,9H,8,10H2,(H,27,29,33)(H,28,30,32). The van der Waals surface area contributed by atoms with Crippen LogP contribution in [0.5, 0.6) is 0 Å². The molecule has 0 spiro atoms. The zero-order valence-electron chi connectivity index (χ0n) is 17.6. The summed E-state index contributed by atoms with van der Waals surface area (Å²) in [4.78, 5) is 24.8. The number of rotatable bonds is 6. The van der Waals surface area contributed by atoms with Gasteiger partial charge in [-0.3, -0.25) is 4.79 Å². The Morgan fingerprint density at radius 1 is 1.17 bits per heavy atom. The Balaban J connectivity index is 1.21. The number of thiazole rings is 1. The molecule has 0 aliphatic rings. The molecule has 5 rings (SSSR count). The van der Waals surface area contributed by atoms with Gasteiger partial charge in [0.05, 0.1) is 11.3 Å². The number of amides is 1. The minimum atomic E-state index is -4.46. The molecule has 2 N–H and O–H groups in total. The smallest absolute Gasteiger partial charge is 0.338 e. The van der Waals surface area contributed by atoms with Gasteiger partial charge in [-0.15, -0.1) is 21.5 Å². The molecule has 0 unspecified atom stereocenters. The van der Waals surface area contributed by atoms with E-state index in [1.165, 1.54) is 12.3 Å². The van der Waals surface area contributed by atoms with E-state index in [1.807, 2.05) is 24.3 Å². The quantitative estimate of drug-likeness (QED) is 0.261. The number of nitrogens with zero attached hydrogens (tertiary/aromatic N) is 4. The summed E-state index contributed by atoms with van der Waals surface area (Å²) in [6.07, 6.45) is -2.79. The number of aromatic amines is 1. The van der Waals surface area contributed by atoms with Crippen LogP contribution in [0, 0.1) is 0 Å². The Morgan fingerprint density at radius 3 is 2.83 bits per heavy atom. The van der Waals surface area contributed by atoms with E-state index < -0.39 is 11.7 Å². The second-order valence-electron chi connectivity index (χ2n) is 7.41. The van der Waals surface area contributed by atoms with Gasteiger partial charge in [0, 0.05) is 33.4 Å². The molecule has 7 nitrogen and oxygen atoms in total. The molecule has 3 aromatic heterocycles. The van der Waals surface area contributed by atoms with Crippen molar-refractivity contribution in [2.45, 2.75) is 17.8 Å². The van der Waals surface area contributed by atoms with Crippen molar-refractivity contribution in [1.82, 2.24) is 25.1 Å². The first-order valence-electron chi connectivity index (χ1n) is 10.1. The lowest BCUT2D eigenvalue weighted by Gasteiger charge is -2.09. The number of para-hydroxylation sites is 1. The fourth-order valence-corrected chi connectivity index (χ4v) is 5.00. The third-order valence-electron chi connectivity index (χ3n) is 4.97. The van der Waals surface area contributed by atoms with Gasteiger partial charge in [-0.25, -0.2) is 9.97 Å². The number of aromatic nitrogens is 5. The fourth-order valence-electron chi connectivity index (χ4n) is 3.37. The first-order valence-corrected chi connectivity index (χ1v) is 12.3. The summed E-state index contributed by atoms with van der Waals surface area (Å²) in [7, 11) is 0. The van der Waals surface area contributed by atoms with Gasteiger partial charge in [0.1, 0.15) is 5.52 Å². The van der Waals surface area contributed by atoms with Crippen molar-refractivity contribution in [1.29, 1.82) is 0 Å². The number of thioether (sulfide) groups is 1. The summed E-state index contributed by atoms with van der Waals surface area (Å²) >= 11 is 8.36. The van der Waals surface area contributed by atoms with Crippen molar-refractivity contribution >= 4 is 67.8 Å². The van der Waals surface area contributed by atoms with Gasteiger partial charge in [-0.05, 0) is 29.8 Å². The Morgan fingerprint density at radius 2 is 2.00 bits per heavy atom. The Bertz CT molecular complexity index is 1550. The van der Waals surface area contributed by atoms with Gasteiger partial charge in [0.2, 0.25) is 11.1 Å². The van der Waals surface area contributed by atoms with Crippen LogP contribution in [-0.2, 0) is 17.4 Å². The number of anilines is 1. The van der Waals surface area contributed by atoms with E-state index in [9.17, 15) is 18.0 Å². The number of fused-ring (bicyclic) bond motifs is 3. The molecule has 0 radical (unpaired) electrons. The summed E-state index contributed by atoms with van der Waals surface area (Å²) in [6.45, 7) is 0. The molecule has 13 heteroatoms. The van der Waals surface area contributed by atoms with Gasteiger partial charge >= 0.3 is 6.18 Å². The van der Waals surface area contributed by atoms with Crippen molar-refractivity contribution in [3.8, 4) is 0 Å². The van der Waals surface area contributed by atoms with E-state index in [0.717, 1.165) is 46.1 Å². The van der Waals surface area contributed by atoms with Crippen LogP contribution < -0.4 is 5.32 Å². The van der Waals surface area contributed by atoms with Crippen molar-refractivity contribution < 1.29 is 18.0 Å². The molecule has 35 heavy (non-hydrogen) atoms. The van der Waals surface area contributed by atoms with Crippen LogP contribution >= 0.6 is 34.7 Å². The minimum Gasteiger partial charge on any atom is -0.338 e. The zero-order chi connectivity index (χ0) is 24.6. The van der Waals surface area contributed by atoms with E-state index in [1.54, 1.807) is 0 Å². The monoisotopic (exact) mass is 534 g/mol. The maximum absolute atomic E-state index is 13.0. The van der Waals surface area contributed by atoms with Crippen LogP contribution in [0.25, 0.3) is 22.1 Å². The molecule has 2 aromatic carbocycles. The van der Waals surface area contributed by atoms with Gasteiger partial charge < -0.3 is 10.3 Å². The summed E-state index contributed by atoms with van der Waals surface area (Å²) in [5.41, 5.74) is 1.70. The molecule has 178 valence electrons. The summed E-state index contributed by atoms with van der Waals surface area (Å²) in [6, 6.07) is 10.8.